The van der Waals surface area contributed by atoms with Gasteiger partial charge in [-0.1, -0.05) is 32.2 Å². The Hall–Kier alpha value is 7.14. The molecular formula is C15H27NW10Y-6. The van der Waals surface area contributed by atoms with Crippen LogP contribution in [0.4, 0.5) is 0 Å². The van der Waals surface area contributed by atoms with E-state index >= 15 is 0 Å². The molecule has 0 aromatic carbocycles. The van der Waals surface area contributed by atoms with Crippen molar-refractivity contribution >= 4 is 0 Å². The van der Waals surface area contributed by atoms with E-state index in [2.05, 4.69) is 17.6 Å². The molecule has 1 aromatic heterocycles. The van der Waals surface area contributed by atoms with Crippen molar-refractivity contribution in [2.75, 3.05) is 0 Å². The average Bonchev–Trinajstić information content (AvgIpc) is 2.62. The van der Waals surface area contributed by atoms with Crippen LogP contribution in [0.3, 0.4) is 0 Å². The summed E-state index contributed by atoms with van der Waals surface area (Å²) in [5.74, 6) is 0. The zero-order valence-corrected chi connectivity index (χ0v) is 48.4. The van der Waals surface area contributed by atoms with Crippen molar-refractivity contribution in [1.82, 2.24) is 4.98 Å². The molecule has 1 radical (unpaired) electrons. The van der Waals surface area contributed by atoms with E-state index in [-0.39, 0.29) is 273 Å². The molecule has 0 aliphatic heterocycles. The van der Waals surface area contributed by atoms with E-state index in [0.29, 0.717) is 0 Å². The predicted molar refractivity (Wildman–Crippen MR) is 76.2 cm³/mol. The Morgan fingerprint density at radius 1 is 0.741 bits per heavy atom. The molecule has 0 spiro atoms. The molecule has 0 N–H and O–H groups in total. The van der Waals surface area contributed by atoms with Crippen LogP contribution in [0.1, 0.15) is 31.2 Å². The first-order valence-corrected chi connectivity index (χ1v) is 4.50. The third kappa shape index (κ3) is 79.2. The fourth-order valence-electron chi connectivity index (χ4n) is 1.12. The van der Waals surface area contributed by atoms with Crippen molar-refractivity contribution in [2.24, 2.45) is 0 Å². The molecule has 2 rings (SSSR count). The van der Waals surface area contributed by atoms with Crippen LogP contribution in [0.2, 0.25) is 0 Å². The van der Waals surface area contributed by atoms with Crippen LogP contribution in [0, 0.1) is 49.2 Å². The normalized spacial score (nSPS) is 6.70. The summed E-state index contributed by atoms with van der Waals surface area (Å²) in [6, 6.07) is 3.77. The maximum absolute atomic E-state index is 3.76. The minimum atomic E-state index is 0. The van der Waals surface area contributed by atoms with Gasteiger partial charge in [0.15, 0.2) is 0 Å². The molecule has 0 amide bonds. The molecule has 0 unspecified atom stereocenters. The van der Waals surface area contributed by atoms with Gasteiger partial charge in [0.2, 0.25) is 0 Å². The van der Waals surface area contributed by atoms with Gasteiger partial charge in [0.05, 0.1) is 0 Å². The van der Waals surface area contributed by atoms with Gasteiger partial charge >= 0.3 is 0 Å². The number of aryl methyl sites for hydroxylation is 1. The van der Waals surface area contributed by atoms with Crippen LogP contribution >= 0.6 is 0 Å². The van der Waals surface area contributed by atoms with Crippen LogP contribution in [0.5, 0.6) is 0 Å². The van der Waals surface area contributed by atoms with Crippen molar-refractivity contribution in [2.45, 2.75) is 32.6 Å². The van der Waals surface area contributed by atoms with Crippen LogP contribution in [-0.4, -0.2) is 4.98 Å². The van der Waals surface area contributed by atoms with Crippen molar-refractivity contribution in [3.05, 3.63) is 66.2 Å². The van der Waals surface area contributed by atoms with E-state index in [0.717, 1.165) is 0 Å². The van der Waals surface area contributed by atoms with E-state index < -0.39 is 0 Å². The van der Waals surface area contributed by atoms with Crippen LogP contribution in [-0.2, 0) is 243 Å². The Kier molecular flexibility index (Phi) is 320. The minimum absolute atomic E-state index is 0. The van der Waals surface area contributed by atoms with Gasteiger partial charge in [0, 0.05) is 243 Å². The maximum atomic E-state index is 3.76. The van der Waals surface area contributed by atoms with E-state index in [1.165, 1.54) is 31.2 Å². The third-order valence-electron chi connectivity index (χ3n) is 1.83. The molecule has 161 valence electrons. The van der Waals surface area contributed by atoms with Crippen molar-refractivity contribution in [3.63, 3.8) is 0 Å². The smallest absolute Gasteiger partial charge is 0 e. The fraction of sp³-hybridized carbons (Fsp3) is 0.333. The Labute approximate surface area is 340 Å². The van der Waals surface area contributed by atoms with E-state index in [1.54, 1.807) is 12.3 Å². The third-order valence-corrected chi connectivity index (χ3v) is 1.83. The molecular weight excluding hydrogens is 2120 g/mol. The quantitative estimate of drug-likeness (QED) is 0.343. The van der Waals surface area contributed by atoms with Crippen molar-refractivity contribution < 1.29 is 243 Å². The average molecular weight is 2150 g/mol. The van der Waals surface area contributed by atoms with Gasteiger partial charge in [-0.3, -0.25) is 0 Å². The molecule has 27 heavy (non-hydrogen) atoms. The molecule has 12 heteroatoms. The molecule has 0 saturated heterocycles. The van der Waals surface area contributed by atoms with Gasteiger partial charge in [-0.15, -0.1) is 5.56 Å². The first kappa shape index (κ1) is 102. The first-order valence-electron chi connectivity index (χ1n) is 4.50. The van der Waals surface area contributed by atoms with Gasteiger partial charge in [-0.2, -0.15) is 25.0 Å². The van der Waals surface area contributed by atoms with E-state index in [4.69, 9.17) is 0 Å². The number of pyridine rings is 1. The van der Waals surface area contributed by atoms with Gasteiger partial charge in [0.1, 0.15) is 0 Å². The number of aromatic nitrogens is 1. The standard InChI is InChI=1S/C6H6N.C5H9.4CH3.10W.Y/c1-6-3-2-4-7-5-6;1-2-4-5-3-1;;;;;;;;;;;;;;;/h2-3,5H,1H3;1H,2-5H2;4*1H3;;;;;;;;;;;/q6*-1;;;;;;;;;;;. The summed E-state index contributed by atoms with van der Waals surface area (Å²) in [7, 11) is 0. The van der Waals surface area contributed by atoms with Crippen molar-refractivity contribution in [3.8, 4) is 0 Å². The zero-order chi connectivity index (χ0) is 8.65. The Morgan fingerprint density at radius 2 is 1.07 bits per heavy atom. The molecule has 1 aromatic rings. The van der Waals surface area contributed by atoms with Gasteiger partial charge in [0.25, 0.3) is 0 Å². The maximum Gasteiger partial charge on any atom is 0 e. The van der Waals surface area contributed by atoms with Gasteiger partial charge in [-0.05, 0) is 0 Å². The Bertz CT molecular complexity index is 213. The Morgan fingerprint density at radius 3 is 1.19 bits per heavy atom. The first-order chi connectivity index (χ1) is 5.89. The monoisotopic (exact) mass is 2150 g/mol. The van der Waals surface area contributed by atoms with Crippen LogP contribution in [0.15, 0.2) is 18.3 Å². The molecule has 0 bridgehead atoms. The second-order valence-electron chi connectivity index (χ2n) is 3.04. The summed E-state index contributed by atoms with van der Waals surface area (Å²) in [6.07, 6.45) is 12.5. The fourth-order valence-corrected chi connectivity index (χ4v) is 1.12. The van der Waals surface area contributed by atoms with Crippen molar-refractivity contribution in [1.29, 1.82) is 0 Å². The molecule has 1 nitrogen and oxygen atoms in total. The molecule has 1 saturated carbocycles. The van der Waals surface area contributed by atoms with Crippen LogP contribution in [0.25, 0.3) is 0 Å². The van der Waals surface area contributed by atoms with Gasteiger partial charge in [-0.25, -0.2) is 0 Å². The molecule has 1 fully saturated rings. The number of nitrogens with zero attached hydrogens (tertiary/aromatic N) is 1. The minimum Gasteiger partial charge on any atom is -0.394 e. The summed E-state index contributed by atoms with van der Waals surface area (Å²) in [5.41, 5.74) is 1.18. The molecule has 1 heterocycles. The SMILES string of the molecule is Cc1cc[c-]nc1.[CH-]1CCCC1.[CH3-].[CH3-].[CH3-].[CH3-].[W].[W].[W].[W].[W].[W].[W].[W].[W].[W].[Y]. The van der Waals surface area contributed by atoms with Gasteiger partial charge < -0.3 is 41.1 Å². The van der Waals surface area contributed by atoms with E-state index in [9.17, 15) is 0 Å². The number of hydrogen-bond donors (Lipinski definition) is 0. The largest absolute Gasteiger partial charge is 0.394 e. The molecule has 1 aliphatic rings. The summed E-state index contributed by atoms with van der Waals surface area (Å²) < 4.78 is 0. The summed E-state index contributed by atoms with van der Waals surface area (Å²) in [4.78, 5) is 3.76. The second kappa shape index (κ2) is 84.4. The molecule has 0 atom stereocenters. The molecule has 1 aliphatic carbocycles. The van der Waals surface area contributed by atoms with E-state index in [1.807, 2.05) is 13.0 Å². The summed E-state index contributed by atoms with van der Waals surface area (Å²) in [5, 5.41) is 0. The zero-order valence-electron chi connectivity index (χ0n) is 16.2. The second-order valence-corrected chi connectivity index (χ2v) is 3.04. The summed E-state index contributed by atoms with van der Waals surface area (Å²) >= 11 is 0. The predicted octanol–water partition coefficient (Wildman–Crippen LogP) is 4.73. The number of rotatable bonds is 0. The summed E-state index contributed by atoms with van der Waals surface area (Å²) in [6.45, 7) is 2.00. The van der Waals surface area contributed by atoms with Crippen LogP contribution < -0.4 is 0 Å². The number of hydrogen-bond acceptors (Lipinski definition) is 1. The Balaban J connectivity index is -0.00000000533. The topological polar surface area (TPSA) is 12.9 Å².